The van der Waals surface area contributed by atoms with Crippen molar-refractivity contribution in [2.24, 2.45) is 0 Å². The molecule has 0 aliphatic heterocycles. The molecule has 2 rings (SSSR count). The number of rotatable bonds is 5. The largest absolute Gasteiger partial charge is 0.385 e. The Bertz CT molecular complexity index is 569. The van der Waals surface area contributed by atoms with E-state index >= 15 is 0 Å². The van der Waals surface area contributed by atoms with E-state index in [0.717, 1.165) is 17.8 Å². The lowest BCUT2D eigenvalue weighted by Crippen LogP contribution is -2.27. The van der Waals surface area contributed by atoms with Crippen molar-refractivity contribution in [2.45, 2.75) is 13.5 Å². The van der Waals surface area contributed by atoms with Crippen LogP contribution in [-0.2, 0) is 6.54 Å². The first kappa shape index (κ1) is 14.1. The van der Waals surface area contributed by atoms with Crippen molar-refractivity contribution in [3.05, 3.63) is 59.9 Å². The highest BCUT2D eigenvalue weighted by Crippen LogP contribution is 2.16. The summed E-state index contributed by atoms with van der Waals surface area (Å²) in [5.41, 5.74) is 2.54. The first-order valence-corrected chi connectivity index (χ1v) is 6.69. The number of pyridine rings is 1. The van der Waals surface area contributed by atoms with E-state index in [1.54, 1.807) is 24.3 Å². The van der Waals surface area contributed by atoms with E-state index in [4.69, 9.17) is 0 Å². The molecular weight excluding hydrogens is 250 g/mol. The molecule has 0 atom stereocenters. The average molecular weight is 269 g/mol. The number of nitrogens with one attached hydrogen (secondary N) is 1. The number of amides is 1. The van der Waals surface area contributed by atoms with Crippen LogP contribution in [0.1, 0.15) is 22.8 Å². The molecule has 1 aromatic carbocycles. The molecule has 4 heteroatoms. The molecule has 0 aliphatic carbocycles. The van der Waals surface area contributed by atoms with Crippen LogP contribution in [0.2, 0.25) is 0 Å². The van der Waals surface area contributed by atoms with Gasteiger partial charge in [0.2, 0.25) is 0 Å². The van der Waals surface area contributed by atoms with E-state index in [9.17, 15) is 4.79 Å². The average Bonchev–Trinajstić information content (AvgIpc) is 2.48. The van der Waals surface area contributed by atoms with E-state index in [1.165, 1.54) is 0 Å². The van der Waals surface area contributed by atoms with Crippen LogP contribution in [0.4, 0.5) is 5.69 Å². The highest BCUT2D eigenvalue weighted by atomic mass is 16.2. The van der Waals surface area contributed by atoms with Gasteiger partial charge in [-0.25, -0.2) is 0 Å². The predicted molar refractivity (Wildman–Crippen MR) is 80.6 cm³/mol. The molecule has 20 heavy (non-hydrogen) atoms. The Morgan fingerprint density at radius 1 is 1.25 bits per heavy atom. The molecule has 2 aromatic rings. The minimum atomic E-state index is -0.0297. The monoisotopic (exact) mass is 269 g/mol. The van der Waals surface area contributed by atoms with Gasteiger partial charge in [0.05, 0.1) is 11.3 Å². The number of carbonyl (C=O) groups excluding carboxylic acids is 1. The molecule has 1 N–H and O–H groups in total. The lowest BCUT2D eigenvalue weighted by molar-refractivity contribution is 0.0785. The normalized spacial score (nSPS) is 10.1. The van der Waals surface area contributed by atoms with Crippen LogP contribution in [0.3, 0.4) is 0 Å². The summed E-state index contributed by atoms with van der Waals surface area (Å²) in [5, 5.41) is 3.19. The third kappa shape index (κ3) is 3.35. The second-order valence-corrected chi connectivity index (χ2v) is 4.60. The van der Waals surface area contributed by atoms with E-state index in [2.05, 4.69) is 10.3 Å². The lowest BCUT2D eigenvalue weighted by Gasteiger charge is -2.19. The molecule has 0 fully saturated rings. The molecule has 0 saturated heterocycles. The first-order valence-electron chi connectivity index (χ1n) is 6.69. The highest BCUT2D eigenvalue weighted by Gasteiger charge is 2.15. The van der Waals surface area contributed by atoms with Gasteiger partial charge in [0.25, 0.3) is 5.91 Å². The summed E-state index contributed by atoms with van der Waals surface area (Å²) >= 11 is 0. The van der Waals surface area contributed by atoms with Crippen LogP contribution in [0.15, 0.2) is 48.8 Å². The molecule has 0 saturated carbocycles. The molecule has 0 unspecified atom stereocenters. The molecule has 4 nitrogen and oxygen atoms in total. The van der Waals surface area contributed by atoms with Gasteiger partial charge in [0.15, 0.2) is 0 Å². The molecule has 0 aliphatic rings. The molecule has 0 spiro atoms. The van der Waals surface area contributed by atoms with Crippen molar-refractivity contribution in [3.63, 3.8) is 0 Å². The second-order valence-electron chi connectivity index (χ2n) is 4.60. The van der Waals surface area contributed by atoms with Crippen LogP contribution in [-0.4, -0.2) is 29.4 Å². The number of nitrogens with zero attached hydrogens (tertiary/aromatic N) is 2. The van der Waals surface area contributed by atoms with Gasteiger partial charge in [-0.2, -0.15) is 0 Å². The Kier molecular flexibility index (Phi) is 4.71. The summed E-state index contributed by atoms with van der Waals surface area (Å²) in [7, 11) is 1.80. The number of carbonyl (C=O) groups is 1. The maximum atomic E-state index is 12.5. The Morgan fingerprint density at radius 2 is 2.00 bits per heavy atom. The van der Waals surface area contributed by atoms with Gasteiger partial charge in [-0.05, 0) is 18.6 Å². The van der Waals surface area contributed by atoms with E-state index < -0.39 is 0 Å². The van der Waals surface area contributed by atoms with Gasteiger partial charge in [-0.3, -0.25) is 9.78 Å². The minimum absolute atomic E-state index is 0.0297. The Hall–Kier alpha value is -2.36. The quantitative estimate of drug-likeness (QED) is 0.907. The number of aromatic nitrogens is 1. The van der Waals surface area contributed by atoms with Crippen LogP contribution in [0, 0.1) is 0 Å². The van der Waals surface area contributed by atoms with Crippen molar-refractivity contribution in [2.75, 3.05) is 18.9 Å². The molecular formula is C16H19N3O. The zero-order chi connectivity index (χ0) is 14.4. The minimum Gasteiger partial charge on any atom is -0.385 e. The van der Waals surface area contributed by atoms with Crippen LogP contribution in [0.25, 0.3) is 0 Å². The number of hydrogen-bond acceptors (Lipinski definition) is 3. The zero-order valence-corrected chi connectivity index (χ0v) is 11.8. The van der Waals surface area contributed by atoms with E-state index in [0.29, 0.717) is 12.1 Å². The van der Waals surface area contributed by atoms with Gasteiger partial charge < -0.3 is 10.2 Å². The SMILES string of the molecule is CCNc1ccncc1C(=O)N(C)Cc1ccccc1. The third-order valence-corrected chi connectivity index (χ3v) is 3.03. The van der Waals surface area contributed by atoms with E-state index in [-0.39, 0.29) is 5.91 Å². The fraction of sp³-hybridized carbons (Fsp3) is 0.250. The molecule has 0 radical (unpaired) electrons. The van der Waals surface area contributed by atoms with Gasteiger partial charge >= 0.3 is 0 Å². The van der Waals surface area contributed by atoms with Crippen LogP contribution < -0.4 is 5.32 Å². The molecule has 1 amide bonds. The van der Waals surface area contributed by atoms with Gasteiger partial charge in [0, 0.05) is 32.5 Å². The van der Waals surface area contributed by atoms with E-state index in [1.807, 2.05) is 43.3 Å². The van der Waals surface area contributed by atoms with Crippen molar-refractivity contribution in [3.8, 4) is 0 Å². The fourth-order valence-electron chi connectivity index (χ4n) is 2.04. The van der Waals surface area contributed by atoms with Crippen molar-refractivity contribution >= 4 is 11.6 Å². The Labute approximate surface area is 119 Å². The number of anilines is 1. The van der Waals surface area contributed by atoms with Crippen molar-refractivity contribution in [1.29, 1.82) is 0 Å². The van der Waals surface area contributed by atoms with Crippen LogP contribution in [0.5, 0.6) is 0 Å². The fourth-order valence-corrected chi connectivity index (χ4v) is 2.04. The maximum absolute atomic E-state index is 12.5. The maximum Gasteiger partial charge on any atom is 0.257 e. The number of hydrogen-bond donors (Lipinski definition) is 1. The summed E-state index contributed by atoms with van der Waals surface area (Å²) in [6.45, 7) is 3.36. The standard InChI is InChI=1S/C16H19N3O/c1-3-18-15-9-10-17-11-14(15)16(20)19(2)12-13-7-5-4-6-8-13/h4-11H,3,12H2,1-2H3,(H,17,18). The Balaban J connectivity index is 2.14. The number of benzene rings is 1. The lowest BCUT2D eigenvalue weighted by atomic mass is 10.1. The topological polar surface area (TPSA) is 45.2 Å². The zero-order valence-electron chi connectivity index (χ0n) is 11.8. The third-order valence-electron chi connectivity index (χ3n) is 3.03. The summed E-state index contributed by atoms with van der Waals surface area (Å²) in [6.07, 6.45) is 3.30. The van der Waals surface area contributed by atoms with Crippen LogP contribution >= 0.6 is 0 Å². The molecule has 0 bridgehead atoms. The second kappa shape index (κ2) is 6.70. The Morgan fingerprint density at radius 3 is 2.70 bits per heavy atom. The predicted octanol–water partition coefficient (Wildman–Crippen LogP) is 2.79. The smallest absolute Gasteiger partial charge is 0.257 e. The summed E-state index contributed by atoms with van der Waals surface area (Å²) in [6, 6.07) is 11.8. The van der Waals surface area contributed by atoms with Crippen molar-refractivity contribution in [1.82, 2.24) is 9.88 Å². The van der Waals surface area contributed by atoms with Crippen molar-refractivity contribution < 1.29 is 4.79 Å². The molecule has 1 heterocycles. The van der Waals surface area contributed by atoms with Gasteiger partial charge in [-0.1, -0.05) is 30.3 Å². The first-order chi connectivity index (χ1) is 9.72. The van der Waals surface area contributed by atoms with Gasteiger partial charge in [0.1, 0.15) is 0 Å². The molecule has 104 valence electrons. The van der Waals surface area contributed by atoms with Gasteiger partial charge in [-0.15, -0.1) is 0 Å². The summed E-state index contributed by atoms with van der Waals surface area (Å²) in [5.74, 6) is -0.0297. The summed E-state index contributed by atoms with van der Waals surface area (Å²) in [4.78, 5) is 18.2. The summed E-state index contributed by atoms with van der Waals surface area (Å²) < 4.78 is 0. The molecule has 1 aromatic heterocycles. The highest BCUT2D eigenvalue weighted by molar-refractivity contribution is 5.99.